The van der Waals surface area contributed by atoms with Crippen molar-refractivity contribution in [3.63, 3.8) is 0 Å². The Kier molecular flexibility index (Phi) is 19.6. The molecule has 17 heavy (non-hydrogen) atoms. The first-order valence-electron chi connectivity index (χ1n) is 5.65. The Morgan fingerprint density at radius 1 is 1.35 bits per heavy atom. The zero-order valence-corrected chi connectivity index (χ0v) is 15.9. The van der Waals surface area contributed by atoms with Crippen LogP contribution in [0.1, 0.15) is 47.0 Å². The van der Waals surface area contributed by atoms with Gasteiger partial charge in [-0.05, 0) is 26.7 Å². The molecule has 0 rings (SSSR count). The molecule has 3 heteroatoms. The molecular weight excluding hydrogens is 416 g/mol. The molecule has 0 amide bonds. The maximum Gasteiger partial charge on any atom is 2.00 e. The third kappa shape index (κ3) is 16.6. The second-order valence-corrected chi connectivity index (χ2v) is 6.15. The minimum atomic E-state index is 0. The zero-order chi connectivity index (χ0) is 13.0. The predicted octanol–water partition coefficient (Wildman–Crippen LogP) is 5.40. The van der Waals surface area contributed by atoms with Crippen LogP contribution in [0.3, 0.4) is 0 Å². The predicted molar refractivity (Wildman–Crippen MR) is 82.8 cm³/mol. The van der Waals surface area contributed by atoms with E-state index in [4.69, 9.17) is 18.8 Å². The Morgan fingerprint density at radius 2 is 1.88 bits per heavy atom. The Morgan fingerprint density at radius 3 is 2.29 bits per heavy atom. The average Bonchev–Trinajstić information content (AvgIpc) is 2.26. The van der Waals surface area contributed by atoms with Crippen LogP contribution in [0.15, 0.2) is 18.2 Å². The maximum atomic E-state index is 5.30. The van der Waals surface area contributed by atoms with Crippen molar-refractivity contribution in [3.05, 3.63) is 31.7 Å². The SMILES string of the molecule is [CH-]=CCC/C=C/C(C)(C)SC(=S)CC.[CH2-]C.[W+2]. The summed E-state index contributed by atoms with van der Waals surface area (Å²) in [5.74, 6) is 0. The minimum absolute atomic E-state index is 0. The van der Waals surface area contributed by atoms with E-state index in [9.17, 15) is 0 Å². The topological polar surface area (TPSA) is 0 Å². The minimum Gasteiger partial charge on any atom is -0.518 e. The molecule has 0 nitrogen and oxygen atoms in total. The first kappa shape index (κ1) is 22.8. The molecular formula is C14H24S2W. The number of unbranched alkanes of at least 4 members (excludes halogenated alkanes) is 1. The van der Waals surface area contributed by atoms with E-state index in [2.05, 4.69) is 39.8 Å². The van der Waals surface area contributed by atoms with Gasteiger partial charge in [-0.15, -0.1) is 11.8 Å². The number of hydrogen-bond donors (Lipinski definition) is 0. The van der Waals surface area contributed by atoms with E-state index in [1.54, 1.807) is 24.8 Å². The summed E-state index contributed by atoms with van der Waals surface area (Å²) in [4.78, 5) is 0. The van der Waals surface area contributed by atoms with Crippen molar-refractivity contribution in [2.24, 2.45) is 0 Å². The van der Waals surface area contributed by atoms with Gasteiger partial charge in [0.15, 0.2) is 0 Å². The third-order valence-electron chi connectivity index (χ3n) is 1.68. The van der Waals surface area contributed by atoms with Gasteiger partial charge in [0, 0.05) is 8.94 Å². The van der Waals surface area contributed by atoms with Crippen LogP contribution < -0.4 is 0 Å². The molecule has 0 saturated heterocycles. The second-order valence-electron chi connectivity index (χ2n) is 3.65. The van der Waals surface area contributed by atoms with Gasteiger partial charge in [-0.1, -0.05) is 37.7 Å². The number of rotatable bonds is 6. The van der Waals surface area contributed by atoms with Crippen molar-refractivity contribution in [2.45, 2.75) is 51.7 Å². The Balaban J connectivity index is -0.000000616. The quantitative estimate of drug-likeness (QED) is 0.235. The number of thiocarbonyl (C=S) groups is 1. The largest absolute Gasteiger partial charge is 2.00 e. The molecule has 0 heterocycles. The van der Waals surface area contributed by atoms with E-state index in [0.717, 1.165) is 23.5 Å². The average molecular weight is 440 g/mol. The number of allylic oxidation sites excluding steroid dienone is 2. The Bertz CT molecular complexity index is 220. The maximum absolute atomic E-state index is 5.30. The van der Waals surface area contributed by atoms with Crippen LogP contribution in [0.25, 0.3) is 0 Å². The summed E-state index contributed by atoms with van der Waals surface area (Å²) in [6.45, 7) is 16.8. The van der Waals surface area contributed by atoms with Gasteiger partial charge in [-0.2, -0.15) is 6.92 Å². The summed E-state index contributed by atoms with van der Waals surface area (Å²) < 4.78 is 1.19. The summed E-state index contributed by atoms with van der Waals surface area (Å²) in [5, 5.41) is 0. The molecule has 0 unspecified atom stereocenters. The van der Waals surface area contributed by atoms with Crippen LogP contribution in [-0.4, -0.2) is 8.94 Å². The van der Waals surface area contributed by atoms with Crippen LogP contribution >= 0.6 is 24.0 Å². The van der Waals surface area contributed by atoms with Crippen molar-refractivity contribution in [2.75, 3.05) is 0 Å². The molecule has 0 N–H and O–H groups in total. The third-order valence-corrected chi connectivity index (χ3v) is 3.40. The molecule has 0 aliphatic rings. The van der Waals surface area contributed by atoms with Crippen molar-refractivity contribution in [1.29, 1.82) is 0 Å². The fourth-order valence-corrected chi connectivity index (χ4v) is 2.50. The summed E-state index contributed by atoms with van der Waals surface area (Å²) in [6, 6.07) is 0. The van der Waals surface area contributed by atoms with Crippen molar-refractivity contribution < 1.29 is 21.1 Å². The van der Waals surface area contributed by atoms with Gasteiger partial charge < -0.3 is 13.5 Å². The first-order valence-corrected chi connectivity index (χ1v) is 6.88. The number of thioether (sulfide) groups is 1. The van der Waals surface area contributed by atoms with Gasteiger partial charge in [-0.3, -0.25) is 6.08 Å². The molecule has 0 aliphatic carbocycles. The monoisotopic (exact) mass is 440 g/mol. The normalized spacial score (nSPS) is 10.2. The fourth-order valence-electron chi connectivity index (χ4n) is 0.959. The van der Waals surface area contributed by atoms with Crippen LogP contribution in [0, 0.1) is 13.5 Å². The van der Waals surface area contributed by atoms with Gasteiger partial charge in [0.05, 0.1) is 0 Å². The second kappa shape index (κ2) is 14.7. The molecule has 0 aromatic rings. The van der Waals surface area contributed by atoms with Crippen molar-refractivity contribution >= 4 is 28.2 Å². The smallest absolute Gasteiger partial charge is 0.518 e. The Labute approximate surface area is 132 Å². The fraction of sp³-hybridized carbons (Fsp3) is 0.571. The molecule has 0 aromatic heterocycles. The summed E-state index contributed by atoms with van der Waals surface area (Å²) in [7, 11) is 0. The molecule has 0 bridgehead atoms. The van der Waals surface area contributed by atoms with Gasteiger partial charge in [0.25, 0.3) is 0 Å². The van der Waals surface area contributed by atoms with E-state index < -0.39 is 0 Å². The van der Waals surface area contributed by atoms with Gasteiger partial charge >= 0.3 is 21.1 Å². The summed E-state index contributed by atoms with van der Waals surface area (Å²) >= 11 is 6.97. The Hall–Kier alpha value is 0.608. The van der Waals surface area contributed by atoms with Crippen molar-refractivity contribution in [3.8, 4) is 0 Å². The van der Waals surface area contributed by atoms with E-state index >= 15 is 0 Å². The molecule has 0 fully saturated rings. The summed E-state index contributed by atoms with van der Waals surface area (Å²) in [6.07, 6.45) is 9.00. The molecule has 0 atom stereocenters. The molecule has 0 aliphatic heterocycles. The molecule has 0 radical (unpaired) electrons. The van der Waals surface area contributed by atoms with Crippen LogP contribution in [0.2, 0.25) is 0 Å². The van der Waals surface area contributed by atoms with Crippen molar-refractivity contribution in [1.82, 2.24) is 0 Å². The van der Waals surface area contributed by atoms with E-state index in [0.29, 0.717) is 0 Å². The molecule has 98 valence electrons. The van der Waals surface area contributed by atoms with Gasteiger partial charge in [-0.25, -0.2) is 0 Å². The van der Waals surface area contributed by atoms with Crippen LogP contribution in [-0.2, 0) is 21.1 Å². The standard InChI is InChI=1S/C12H19S2.C2H5.W/c1-5-7-8-9-10-12(3,4)14-11(13)6-2;1-2;/h1,5,9-10H,6-8H2,2-4H3;1H2,2H3;/q2*-1;+2/b10-9+;;. The van der Waals surface area contributed by atoms with Gasteiger partial charge in [0.1, 0.15) is 0 Å². The molecule has 0 aromatic carbocycles. The molecule has 0 spiro atoms. The summed E-state index contributed by atoms with van der Waals surface area (Å²) in [5.41, 5.74) is 0. The number of hydrogen-bond acceptors (Lipinski definition) is 2. The molecule has 0 saturated carbocycles. The zero-order valence-electron chi connectivity index (χ0n) is 11.4. The van der Waals surface area contributed by atoms with Crippen LogP contribution in [0.5, 0.6) is 0 Å². The van der Waals surface area contributed by atoms with Gasteiger partial charge in [0.2, 0.25) is 0 Å². The van der Waals surface area contributed by atoms with E-state index in [1.807, 2.05) is 0 Å². The van der Waals surface area contributed by atoms with Crippen LogP contribution in [0.4, 0.5) is 0 Å². The first-order chi connectivity index (χ1) is 7.52. The van der Waals surface area contributed by atoms with E-state index in [1.165, 1.54) is 0 Å². The van der Waals surface area contributed by atoms with E-state index in [-0.39, 0.29) is 25.8 Å².